The molecule has 1 aromatic carbocycles. The molecule has 0 aliphatic heterocycles. The van der Waals surface area contributed by atoms with Crippen molar-refractivity contribution in [3.05, 3.63) is 45.8 Å². The van der Waals surface area contributed by atoms with Gasteiger partial charge in [0.25, 0.3) is 5.91 Å². The molecule has 1 N–H and O–H groups in total. The molecule has 0 radical (unpaired) electrons. The lowest BCUT2D eigenvalue weighted by molar-refractivity contribution is 0.0527. The normalized spacial score (nSPS) is 11.2. The Hall–Kier alpha value is -2.19. The van der Waals surface area contributed by atoms with Crippen LogP contribution in [0, 0.1) is 13.8 Å². The summed E-state index contributed by atoms with van der Waals surface area (Å²) in [5, 5.41) is 3.15. The topological polar surface area (TPSA) is 89.5 Å². The van der Waals surface area contributed by atoms with Crippen molar-refractivity contribution in [3.8, 4) is 0 Å². The molecule has 0 unspecified atom stereocenters. The Labute approximate surface area is 157 Å². The van der Waals surface area contributed by atoms with Crippen molar-refractivity contribution in [3.63, 3.8) is 0 Å². The standard InChI is InChI=1S/C18H21NO5S2/c1-5-24-18(21)15-11(3)12(4)25-17(15)19-16(20)13-7-9-14(10-8-13)26(22,23)6-2/h7-10H,5-6H2,1-4H3,(H,19,20). The van der Waals surface area contributed by atoms with Gasteiger partial charge in [0.15, 0.2) is 9.84 Å². The zero-order valence-corrected chi connectivity index (χ0v) is 16.7. The zero-order chi connectivity index (χ0) is 19.5. The van der Waals surface area contributed by atoms with Gasteiger partial charge in [0, 0.05) is 10.4 Å². The number of amides is 1. The molecule has 0 saturated carbocycles. The molecule has 0 aliphatic carbocycles. The van der Waals surface area contributed by atoms with Gasteiger partial charge in [-0.1, -0.05) is 6.92 Å². The van der Waals surface area contributed by atoms with Crippen molar-refractivity contribution in [1.29, 1.82) is 0 Å². The molecule has 8 heteroatoms. The highest BCUT2D eigenvalue weighted by Crippen LogP contribution is 2.33. The first-order valence-electron chi connectivity index (χ1n) is 8.12. The fourth-order valence-electron chi connectivity index (χ4n) is 2.32. The van der Waals surface area contributed by atoms with Crippen LogP contribution in [0.1, 0.15) is 45.0 Å². The number of benzene rings is 1. The summed E-state index contributed by atoms with van der Waals surface area (Å²) in [6.45, 7) is 7.19. The Morgan fingerprint density at radius 2 is 1.73 bits per heavy atom. The fraction of sp³-hybridized carbons (Fsp3) is 0.333. The first kappa shape index (κ1) is 20.1. The van der Waals surface area contributed by atoms with Crippen LogP contribution in [-0.2, 0) is 14.6 Å². The lowest BCUT2D eigenvalue weighted by Gasteiger charge is -2.08. The molecule has 0 saturated heterocycles. The number of esters is 1. The van der Waals surface area contributed by atoms with E-state index in [4.69, 9.17) is 4.74 Å². The van der Waals surface area contributed by atoms with Crippen molar-refractivity contribution >= 4 is 38.1 Å². The number of hydrogen-bond acceptors (Lipinski definition) is 6. The first-order chi connectivity index (χ1) is 12.2. The number of nitrogens with one attached hydrogen (secondary N) is 1. The summed E-state index contributed by atoms with van der Waals surface area (Å²) in [6.07, 6.45) is 0. The summed E-state index contributed by atoms with van der Waals surface area (Å²) in [5.74, 6) is -0.902. The molecule has 1 heterocycles. The largest absolute Gasteiger partial charge is 0.462 e. The van der Waals surface area contributed by atoms with Gasteiger partial charge in [-0.25, -0.2) is 13.2 Å². The minimum absolute atomic E-state index is 0.00477. The molecule has 0 aliphatic rings. The predicted octanol–water partition coefficient (Wildman–Crippen LogP) is 3.59. The Morgan fingerprint density at radius 3 is 2.27 bits per heavy atom. The van der Waals surface area contributed by atoms with Crippen LogP contribution in [0.2, 0.25) is 0 Å². The summed E-state index contributed by atoms with van der Waals surface area (Å²) in [6, 6.07) is 5.72. The van der Waals surface area contributed by atoms with E-state index in [1.165, 1.54) is 35.6 Å². The van der Waals surface area contributed by atoms with Gasteiger partial charge in [-0.2, -0.15) is 0 Å². The number of aryl methyl sites for hydroxylation is 1. The molecule has 26 heavy (non-hydrogen) atoms. The van der Waals surface area contributed by atoms with Gasteiger partial charge in [-0.15, -0.1) is 11.3 Å². The highest BCUT2D eigenvalue weighted by molar-refractivity contribution is 7.91. The van der Waals surface area contributed by atoms with E-state index >= 15 is 0 Å². The van der Waals surface area contributed by atoms with Crippen molar-refractivity contribution in [2.24, 2.45) is 0 Å². The number of carbonyl (C=O) groups excluding carboxylic acids is 2. The maximum absolute atomic E-state index is 12.5. The Balaban J connectivity index is 2.28. The van der Waals surface area contributed by atoms with Gasteiger partial charge >= 0.3 is 5.97 Å². The van der Waals surface area contributed by atoms with Crippen LogP contribution in [0.5, 0.6) is 0 Å². The number of sulfone groups is 1. The first-order valence-corrected chi connectivity index (χ1v) is 10.6. The number of anilines is 1. The van der Waals surface area contributed by atoms with Gasteiger partial charge < -0.3 is 10.1 Å². The quantitative estimate of drug-likeness (QED) is 0.755. The highest BCUT2D eigenvalue weighted by Gasteiger charge is 2.22. The van der Waals surface area contributed by atoms with Crippen LogP contribution in [0.3, 0.4) is 0 Å². The number of thiophene rings is 1. The van der Waals surface area contributed by atoms with Crippen LogP contribution in [0.25, 0.3) is 0 Å². The number of hydrogen-bond donors (Lipinski definition) is 1. The van der Waals surface area contributed by atoms with Crippen molar-refractivity contribution < 1.29 is 22.7 Å². The maximum atomic E-state index is 12.5. The van der Waals surface area contributed by atoms with Crippen LogP contribution in [0.15, 0.2) is 29.2 Å². The second-order valence-corrected chi connectivity index (χ2v) is 9.09. The third-order valence-electron chi connectivity index (χ3n) is 3.95. The van der Waals surface area contributed by atoms with E-state index in [9.17, 15) is 18.0 Å². The summed E-state index contributed by atoms with van der Waals surface area (Å²) >= 11 is 1.30. The summed E-state index contributed by atoms with van der Waals surface area (Å²) < 4.78 is 28.8. The van der Waals surface area contributed by atoms with Gasteiger partial charge in [0.05, 0.1) is 22.8 Å². The minimum atomic E-state index is -3.32. The van der Waals surface area contributed by atoms with E-state index in [-0.39, 0.29) is 17.3 Å². The lowest BCUT2D eigenvalue weighted by Crippen LogP contribution is -2.15. The molecule has 0 bridgehead atoms. The van der Waals surface area contributed by atoms with E-state index in [1.807, 2.05) is 6.92 Å². The smallest absolute Gasteiger partial charge is 0.341 e. The Bertz CT molecular complexity index is 927. The van der Waals surface area contributed by atoms with Crippen molar-refractivity contribution in [1.82, 2.24) is 0 Å². The number of rotatable bonds is 6. The highest BCUT2D eigenvalue weighted by atomic mass is 32.2. The van der Waals surface area contributed by atoms with E-state index in [1.54, 1.807) is 20.8 Å². The number of ether oxygens (including phenoxy) is 1. The summed E-state index contributed by atoms with van der Waals surface area (Å²) in [7, 11) is -3.32. The molecule has 1 amide bonds. The SMILES string of the molecule is CCOC(=O)c1c(NC(=O)c2ccc(S(=O)(=O)CC)cc2)sc(C)c1C. The molecule has 140 valence electrons. The fourth-order valence-corrected chi connectivity index (χ4v) is 4.25. The Kier molecular flexibility index (Phi) is 6.20. The van der Waals surface area contributed by atoms with Gasteiger partial charge in [0.1, 0.15) is 5.00 Å². The third kappa shape index (κ3) is 4.13. The zero-order valence-electron chi connectivity index (χ0n) is 15.1. The monoisotopic (exact) mass is 395 g/mol. The molecule has 0 fully saturated rings. The van der Waals surface area contributed by atoms with Gasteiger partial charge in [0.2, 0.25) is 0 Å². The predicted molar refractivity (Wildman–Crippen MR) is 102 cm³/mol. The van der Waals surface area contributed by atoms with Gasteiger partial charge in [-0.05, 0) is 50.6 Å². The molecule has 0 atom stereocenters. The molecule has 6 nitrogen and oxygen atoms in total. The van der Waals surface area contributed by atoms with Crippen LogP contribution < -0.4 is 5.32 Å². The number of carbonyl (C=O) groups is 2. The molecular formula is C18H21NO5S2. The van der Waals surface area contributed by atoms with E-state index in [0.717, 1.165) is 10.4 Å². The van der Waals surface area contributed by atoms with E-state index in [2.05, 4.69) is 5.32 Å². The molecular weight excluding hydrogens is 374 g/mol. The van der Waals surface area contributed by atoms with E-state index in [0.29, 0.717) is 16.1 Å². The second-order valence-electron chi connectivity index (χ2n) is 5.59. The van der Waals surface area contributed by atoms with E-state index < -0.39 is 21.7 Å². The Morgan fingerprint density at radius 1 is 1.12 bits per heavy atom. The molecule has 2 aromatic rings. The van der Waals surface area contributed by atoms with Crippen molar-refractivity contribution in [2.75, 3.05) is 17.7 Å². The summed E-state index contributed by atoms with van der Waals surface area (Å²) in [5.41, 5.74) is 1.43. The van der Waals surface area contributed by atoms with Crippen molar-refractivity contribution in [2.45, 2.75) is 32.6 Å². The maximum Gasteiger partial charge on any atom is 0.341 e. The van der Waals surface area contributed by atoms with Crippen LogP contribution >= 0.6 is 11.3 Å². The molecule has 0 spiro atoms. The third-order valence-corrected chi connectivity index (χ3v) is 6.82. The summed E-state index contributed by atoms with van der Waals surface area (Å²) in [4.78, 5) is 25.7. The van der Waals surface area contributed by atoms with Crippen LogP contribution in [0.4, 0.5) is 5.00 Å². The second kappa shape index (κ2) is 8.01. The average Bonchev–Trinajstić information content (AvgIpc) is 2.89. The lowest BCUT2D eigenvalue weighted by atomic mass is 10.1. The van der Waals surface area contributed by atoms with Gasteiger partial charge in [-0.3, -0.25) is 4.79 Å². The minimum Gasteiger partial charge on any atom is -0.462 e. The average molecular weight is 396 g/mol. The molecule has 2 rings (SSSR count). The van der Waals surface area contributed by atoms with Crippen LogP contribution in [-0.4, -0.2) is 32.7 Å². The molecule has 1 aromatic heterocycles.